The van der Waals surface area contributed by atoms with Gasteiger partial charge in [-0.2, -0.15) is 0 Å². The lowest BCUT2D eigenvalue weighted by molar-refractivity contribution is -0.137. The maximum absolute atomic E-state index is 11.7. The monoisotopic (exact) mass is 287 g/mol. The topological polar surface area (TPSA) is 45.2 Å². The zero-order valence-corrected chi connectivity index (χ0v) is 12.9. The van der Waals surface area contributed by atoms with E-state index >= 15 is 0 Å². The molecule has 0 spiro atoms. The minimum absolute atomic E-state index is 0.324. The molecule has 1 aromatic heterocycles. The number of carbonyl (C=O) groups is 1. The van der Waals surface area contributed by atoms with Crippen molar-refractivity contribution >= 4 is 11.7 Å². The Balaban J connectivity index is 1.45. The lowest BCUT2D eigenvalue weighted by Gasteiger charge is -2.39. The van der Waals surface area contributed by atoms with Crippen LogP contribution in [0.5, 0.6) is 0 Å². The van der Waals surface area contributed by atoms with Crippen LogP contribution < -0.4 is 5.32 Å². The highest BCUT2D eigenvalue weighted by Crippen LogP contribution is 2.24. The summed E-state index contributed by atoms with van der Waals surface area (Å²) in [6.07, 6.45) is 6.17. The summed E-state index contributed by atoms with van der Waals surface area (Å²) >= 11 is 0. The van der Waals surface area contributed by atoms with Crippen LogP contribution >= 0.6 is 0 Å². The van der Waals surface area contributed by atoms with Gasteiger partial charge in [0.1, 0.15) is 5.82 Å². The van der Waals surface area contributed by atoms with Gasteiger partial charge in [-0.05, 0) is 49.7 Å². The second-order valence-electron chi connectivity index (χ2n) is 6.29. The molecule has 1 saturated heterocycles. The number of pyridine rings is 1. The Bertz CT molecular complexity index is 509. The summed E-state index contributed by atoms with van der Waals surface area (Å²) in [6, 6.07) is 4.40. The third-order valence-corrected chi connectivity index (χ3v) is 4.53. The SMILES string of the molecule is CCCC(=O)N1CC(CCc2ccc3c(n2)NCCC3)C1. The number of amides is 1. The van der Waals surface area contributed by atoms with Crippen LogP contribution in [0.2, 0.25) is 0 Å². The molecule has 1 aromatic rings. The first-order valence-corrected chi connectivity index (χ1v) is 8.26. The number of anilines is 1. The first kappa shape index (κ1) is 14.4. The van der Waals surface area contributed by atoms with Gasteiger partial charge in [0.15, 0.2) is 0 Å². The number of hydrogen-bond acceptors (Lipinski definition) is 3. The van der Waals surface area contributed by atoms with Gasteiger partial charge in [-0.15, -0.1) is 0 Å². The van der Waals surface area contributed by atoms with Gasteiger partial charge in [0, 0.05) is 31.7 Å². The van der Waals surface area contributed by atoms with Gasteiger partial charge < -0.3 is 10.2 Å². The summed E-state index contributed by atoms with van der Waals surface area (Å²) in [5.74, 6) is 2.08. The van der Waals surface area contributed by atoms with Gasteiger partial charge in [-0.3, -0.25) is 4.79 Å². The van der Waals surface area contributed by atoms with Crippen LogP contribution in [0, 0.1) is 5.92 Å². The minimum atomic E-state index is 0.324. The minimum Gasteiger partial charge on any atom is -0.370 e. The molecule has 4 heteroatoms. The van der Waals surface area contributed by atoms with Crippen molar-refractivity contribution in [2.45, 2.75) is 45.4 Å². The quantitative estimate of drug-likeness (QED) is 0.905. The van der Waals surface area contributed by atoms with Crippen LogP contribution in [0.4, 0.5) is 5.82 Å². The van der Waals surface area contributed by atoms with E-state index in [1.807, 2.05) is 4.90 Å². The van der Waals surface area contributed by atoms with E-state index in [-0.39, 0.29) is 0 Å². The molecule has 3 heterocycles. The molecule has 114 valence electrons. The summed E-state index contributed by atoms with van der Waals surface area (Å²) in [5.41, 5.74) is 2.53. The predicted octanol–water partition coefficient (Wildman–Crippen LogP) is 2.63. The first-order valence-electron chi connectivity index (χ1n) is 8.26. The third kappa shape index (κ3) is 3.36. The van der Waals surface area contributed by atoms with Crippen molar-refractivity contribution in [2.75, 3.05) is 25.0 Å². The molecular formula is C17H25N3O. The normalized spacial score (nSPS) is 17.9. The number of aromatic nitrogens is 1. The second-order valence-corrected chi connectivity index (χ2v) is 6.29. The largest absolute Gasteiger partial charge is 0.370 e. The van der Waals surface area contributed by atoms with Crippen LogP contribution in [0.1, 0.15) is 43.9 Å². The second kappa shape index (κ2) is 6.46. The van der Waals surface area contributed by atoms with Gasteiger partial charge in [0.05, 0.1) is 0 Å². The Morgan fingerprint density at radius 3 is 3.10 bits per heavy atom. The zero-order valence-electron chi connectivity index (χ0n) is 12.9. The molecule has 0 saturated carbocycles. The average molecular weight is 287 g/mol. The van der Waals surface area contributed by atoms with Crippen molar-refractivity contribution in [3.05, 3.63) is 23.4 Å². The number of rotatable bonds is 5. The van der Waals surface area contributed by atoms with Gasteiger partial charge >= 0.3 is 0 Å². The smallest absolute Gasteiger partial charge is 0.222 e. The molecule has 0 aliphatic carbocycles. The first-order chi connectivity index (χ1) is 10.3. The zero-order chi connectivity index (χ0) is 14.7. The summed E-state index contributed by atoms with van der Waals surface area (Å²) in [5, 5.41) is 3.39. The third-order valence-electron chi connectivity index (χ3n) is 4.53. The number of carbonyl (C=O) groups excluding carboxylic acids is 1. The highest BCUT2D eigenvalue weighted by Gasteiger charge is 2.29. The van der Waals surface area contributed by atoms with Crippen LogP contribution in [0.3, 0.4) is 0 Å². The molecule has 0 atom stereocenters. The van der Waals surface area contributed by atoms with E-state index in [4.69, 9.17) is 4.98 Å². The Kier molecular flexibility index (Phi) is 4.42. The Morgan fingerprint density at radius 2 is 2.29 bits per heavy atom. The molecule has 2 aliphatic heterocycles. The molecule has 1 amide bonds. The number of nitrogens with zero attached hydrogens (tertiary/aromatic N) is 2. The van der Waals surface area contributed by atoms with Gasteiger partial charge in [0.25, 0.3) is 0 Å². The summed E-state index contributed by atoms with van der Waals surface area (Å²) in [7, 11) is 0. The van der Waals surface area contributed by atoms with Crippen LogP contribution in [0.25, 0.3) is 0 Å². The number of likely N-dealkylation sites (tertiary alicyclic amines) is 1. The summed E-state index contributed by atoms with van der Waals surface area (Å²) in [6.45, 7) is 5.00. The van der Waals surface area contributed by atoms with Crippen LogP contribution in [-0.2, 0) is 17.6 Å². The van der Waals surface area contributed by atoms with Gasteiger partial charge in [-0.1, -0.05) is 13.0 Å². The van der Waals surface area contributed by atoms with Gasteiger partial charge in [-0.25, -0.2) is 4.98 Å². The predicted molar refractivity (Wildman–Crippen MR) is 84.3 cm³/mol. The molecule has 0 radical (unpaired) electrons. The number of aryl methyl sites for hydroxylation is 2. The molecule has 3 rings (SSSR count). The fourth-order valence-electron chi connectivity index (χ4n) is 3.19. The number of hydrogen-bond donors (Lipinski definition) is 1. The van der Waals surface area contributed by atoms with Crippen molar-refractivity contribution in [1.82, 2.24) is 9.88 Å². The molecule has 0 bridgehead atoms. The molecule has 2 aliphatic rings. The number of fused-ring (bicyclic) bond motifs is 1. The Morgan fingerprint density at radius 1 is 1.43 bits per heavy atom. The van der Waals surface area contributed by atoms with Crippen molar-refractivity contribution in [3.8, 4) is 0 Å². The highest BCUT2D eigenvalue weighted by molar-refractivity contribution is 5.76. The van der Waals surface area contributed by atoms with Crippen LogP contribution in [-0.4, -0.2) is 35.4 Å². The lowest BCUT2D eigenvalue weighted by Crippen LogP contribution is -2.49. The number of nitrogens with one attached hydrogen (secondary N) is 1. The van der Waals surface area contributed by atoms with E-state index in [1.165, 1.54) is 17.7 Å². The summed E-state index contributed by atoms with van der Waals surface area (Å²) < 4.78 is 0. The van der Waals surface area contributed by atoms with E-state index < -0.39 is 0 Å². The average Bonchev–Trinajstić information content (AvgIpc) is 2.45. The Labute approximate surface area is 126 Å². The van der Waals surface area contributed by atoms with E-state index in [0.717, 1.165) is 51.1 Å². The molecule has 1 fully saturated rings. The standard InChI is InChI=1S/C17H25N3O/c1-2-4-16(21)20-11-13(12-20)6-8-15-9-7-14-5-3-10-18-17(14)19-15/h7,9,13H,2-6,8,10-12H2,1H3,(H,18,19). The molecular weight excluding hydrogens is 262 g/mol. The lowest BCUT2D eigenvalue weighted by atomic mass is 9.93. The maximum atomic E-state index is 11.7. The molecule has 21 heavy (non-hydrogen) atoms. The van der Waals surface area contributed by atoms with E-state index in [9.17, 15) is 4.79 Å². The van der Waals surface area contributed by atoms with Crippen molar-refractivity contribution in [1.29, 1.82) is 0 Å². The fourth-order valence-corrected chi connectivity index (χ4v) is 3.19. The van der Waals surface area contributed by atoms with Crippen molar-refractivity contribution in [2.24, 2.45) is 5.92 Å². The maximum Gasteiger partial charge on any atom is 0.222 e. The van der Waals surface area contributed by atoms with E-state index in [1.54, 1.807) is 0 Å². The highest BCUT2D eigenvalue weighted by atomic mass is 16.2. The molecule has 1 N–H and O–H groups in total. The Hall–Kier alpha value is -1.58. The van der Waals surface area contributed by atoms with Crippen molar-refractivity contribution < 1.29 is 4.79 Å². The fraction of sp³-hybridized carbons (Fsp3) is 0.647. The summed E-state index contributed by atoms with van der Waals surface area (Å²) in [4.78, 5) is 18.4. The molecule has 4 nitrogen and oxygen atoms in total. The van der Waals surface area contributed by atoms with E-state index in [0.29, 0.717) is 18.2 Å². The molecule has 0 unspecified atom stereocenters. The van der Waals surface area contributed by atoms with Crippen LogP contribution in [0.15, 0.2) is 12.1 Å². The van der Waals surface area contributed by atoms with Gasteiger partial charge in [0.2, 0.25) is 5.91 Å². The van der Waals surface area contributed by atoms with Crippen molar-refractivity contribution in [3.63, 3.8) is 0 Å². The molecule has 0 aromatic carbocycles. The van der Waals surface area contributed by atoms with E-state index in [2.05, 4.69) is 24.4 Å².